The number of urea groups is 1. The van der Waals surface area contributed by atoms with Gasteiger partial charge < -0.3 is 29.7 Å². The number of hydrogen-bond acceptors (Lipinski definition) is 9. The Morgan fingerprint density at radius 2 is 1.94 bits per heavy atom. The van der Waals surface area contributed by atoms with Crippen molar-refractivity contribution in [3.05, 3.63) is 53.7 Å². The quantitative estimate of drug-likeness (QED) is 0.410. The van der Waals surface area contributed by atoms with Crippen LogP contribution in [0, 0.1) is 6.92 Å². The fourth-order valence-corrected chi connectivity index (χ4v) is 8.40. The van der Waals surface area contributed by atoms with E-state index in [0.717, 1.165) is 59.2 Å². The first-order chi connectivity index (χ1) is 22.7. The lowest BCUT2D eigenvalue weighted by molar-refractivity contribution is -0.129. The normalized spacial score (nSPS) is 27.1. The van der Waals surface area contributed by atoms with Gasteiger partial charge in [0.15, 0.2) is 0 Å². The number of hydrogen-bond donors (Lipinski definition) is 2. The first-order valence-corrected chi connectivity index (χ1v) is 17.4. The Bertz CT molecular complexity index is 1560. The summed E-state index contributed by atoms with van der Waals surface area (Å²) in [7, 11) is 0. The summed E-state index contributed by atoms with van der Waals surface area (Å²) in [6.07, 6.45) is 7.08. The molecule has 5 atom stereocenters. The second-order valence-corrected chi connectivity index (χ2v) is 14.2. The van der Waals surface area contributed by atoms with Gasteiger partial charge in [-0.2, -0.15) is 0 Å². The van der Waals surface area contributed by atoms with Crippen molar-refractivity contribution in [2.75, 3.05) is 50.8 Å². The number of anilines is 2. The van der Waals surface area contributed by atoms with Gasteiger partial charge >= 0.3 is 6.03 Å². The molecular weight excluding hydrogens is 620 g/mol. The molecule has 3 fully saturated rings. The van der Waals surface area contributed by atoms with E-state index in [1.54, 1.807) is 22.1 Å². The minimum Gasteiger partial charge on any atom is -0.491 e. The van der Waals surface area contributed by atoms with E-state index in [4.69, 9.17) is 14.2 Å². The molecule has 7 rings (SSSR count). The Labute approximate surface area is 279 Å². The van der Waals surface area contributed by atoms with Crippen LogP contribution in [-0.2, 0) is 19.1 Å². The first-order valence-electron chi connectivity index (χ1n) is 16.5. The van der Waals surface area contributed by atoms with Crippen LogP contribution in [-0.4, -0.2) is 108 Å². The molecule has 0 aliphatic carbocycles. The number of rotatable bonds is 8. The molecule has 13 heteroatoms. The molecule has 2 N–H and O–H groups in total. The fourth-order valence-electron chi connectivity index (χ4n) is 7.16. The monoisotopic (exact) mass is 662 g/mol. The van der Waals surface area contributed by atoms with Gasteiger partial charge in [-0.3, -0.25) is 19.4 Å². The van der Waals surface area contributed by atoms with Crippen molar-refractivity contribution in [1.29, 1.82) is 0 Å². The number of thioether (sulfide) groups is 1. The second-order valence-electron chi connectivity index (χ2n) is 13.0. The van der Waals surface area contributed by atoms with Crippen LogP contribution in [0.15, 0.2) is 47.6 Å². The molecule has 12 nitrogen and oxygen atoms in total. The van der Waals surface area contributed by atoms with E-state index >= 15 is 0 Å². The van der Waals surface area contributed by atoms with Crippen LogP contribution in [0.2, 0.25) is 0 Å². The molecule has 0 radical (unpaired) electrons. The summed E-state index contributed by atoms with van der Waals surface area (Å²) in [6, 6.07) is 6.53. The predicted octanol–water partition coefficient (Wildman–Crippen LogP) is 3.32. The number of nitrogens with one attached hydrogen (secondary N) is 2. The van der Waals surface area contributed by atoms with Gasteiger partial charge in [0, 0.05) is 56.6 Å². The lowest BCUT2D eigenvalue weighted by Crippen LogP contribution is -2.53. The molecule has 3 saturated heterocycles. The molecule has 47 heavy (non-hydrogen) atoms. The highest BCUT2D eigenvalue weighted by Crippen LogP contribution is 2.51. The zero-order valence-electron chi connectivity index (χ0n) is 27.0. The summed E-state index contributed by atoms with van der Waals surface area (Å²) in [5, 5.41) is 6.44. The fraction of sp³-hybridized carbons (Fsp3) is 0.529. The average Bonchev–Trinajstić information content (AvgIpc) is 3.63. The molecule has 2 unspecified atom stereocenters. The maximum absolute atomic E-state index is 13.7. The number of aromatic nitrogens is 1. The number of ether oxygens (including phenoxy) is 3. The van der Waals surface area contributed by atoms with E-state index in [2.05, 4.69) is 20.5 Å². The number of piperidine rings is 1. The van der Waals surface area contributed by atoms with Crippen molar-refractivity contribution in [2.24, 2.45) is 0 Å². The van der Waals surface area contributed by atoms with Crippen molar-refractivity contribution in [3.63, 3.8) is 0 Å². The standard InChI is InChI=1S/C34H42N6O6S/c1-20(2)46-23-8-9-24(21(3)16-23)40-25-10-11-35-33-29(25)30(37-34(40)43)31(47-33)32(42)36-22-6-4-13-39(17-22)28(41)7-5-12-38-18-26-27(19-38)45-15-14-44-26/h5,7-11,16,20,22,26-27,30-31H,4,6,12-15,17-19H2,1-3H3,(H,36,42)(H,37,43)/b7-5+/t22-,26-,27+,30?,31?/m1/s1. The van der Waals surface area contributed by atoms with Crippen molar-refractivity contribution < 1.29 is 28.6 Å². The molecule has 1 aromatic heterocycles. The van der Waals surface area contributed by atoms with Gasteiger partial charge in [0.2, 0.25) is 11.8 Å². The summed E-state index contributed by atoms with van der Waals surface area (Å²) in [5.41, 5.74) is 3.21. The Morgan fingerprint density at radius 1 is 1.15 bits per heavy atom. The molecule has 250 valence electrons. The summed E-state index contributed by atoms with van der Waals surface area (Å²) < 4.78 is 17.4. The number of likely N-dealkylation sites (tertiary alicyclic amines) is 2. The third kappa shape index (κ3) is 6.58. The van der Waals surface area contributed by atoms with Gasteiger partial charge in [-0.1, -0.05) is 17.8 Å². The molecular formula is C34H42N6O6S. The Balaban J connectivity index is 0.980. The van der Waals surface area contributed by atoms with Gasteiger partial charge in [-0.15, -0.1) is 0 Å². The number of benzene rings is 1. The van der Waals surface area contributed by atoms with E-state index in [0.29, 0.717) is 32.8 Å². The van der Waals surface area contributed by atoms with E-state index in [9.17, 15) is 14.4 Å². The van der Waals surface area contributed by atoms with Crippen LogP contribution in [0.3, 0.4) is 0 Å². The molecule has 5 aliphatic rings. The SMILES string of the molecule is Cc1cc(OC(C)C)ccc1N1C(=O)NC2c3c1ccnc3SC2C(=O)N[C@@H]1CCCN(C(=O)/C=C/CN2C[C@@H]3OCCO[C@@H]3C2)C1. The third-order valence-corrected chi connectivity index (χ3v) is 10.6. The number of amides is 4. The van der Waals surface area contributed by atoms with Crippen LogP contribution in [0.5, 0.6) is 5.75 Å². The molecule has 6 heterocycles. The van der Waals surface area contributed by atoms with E-state index < -0.39 is 11.3 Å². The zero-order chi connectivity index (χ0) is 32.7. The zero-order valence-corrected chi connectivity index (χ0v) is 27.8. The molecule has 0 bridgehead atoms. The maximum Gasteiger partial charge on any atom is 0.327 e. The minimum atomic E-state index is -0.573. The summed E-state index contributed by atoms with van der Waals surface area (Å²) in [4.78, 5) is 50.7. The van der Waals surface area contributed by atoms with E-state index in [1.165, 1.54) is 11.8 Å². The van der Waals surface area contributed by atoms with Gasteiger partial charge in [0.25, 0.3) is 0 Å². The number of carbonyl (C=O) groups excluding carboxylic acids is 3. The van der Waals surface area contributed by atoms with Crippen LogP contribution < -0.4 is 20.3 Å². The number of carbonyl (C=O) groups is 3. The summed E-state index contributed by atoms with van der Waals surface area (Å²) in [5.74, 6) is 0.523. The third-order valence-electron chi connectivity index (χ3n) is 9.29. The highest BCUT2D eigenvalue weighted by Gasteiger charge is 2.47. The van der Waals surface area contributed by atoms with Crippen molar-refractivity contribution >= 4 is 41.0 Å². The number of pyridine rings is 1. The van der Waals surface area contributed by atoms with E-state index in [1.807, 2.05) is 51.1 Å². The number of aryl methyl sites for hydroxylation is 1. The Kier molecular flexibility index (Phi) is 9.14. The van der Waals surface area contributed by atoms with Gasteiger partial charge in [0.05, 0.1) is 48.9 Å². The van der Waals surface area contributed by atoms with Crippen LogP contribution in [0.25, 0.3) is 0 Å². The van der Waals surface area contributed by atoms with Crippen LogP contribution >= 0.6 is 11.8 Å². The summed E-state index contributed by atoms with van der Waals surface area (Å²) >= 11 is 1.37. The molecule has 2 aromatic rings. The predicted molar refractivity (Wildman–Crippen MR) is 177 cm³/mol. The lowest BCUT2D eigenvalue weighted by atomic mass is 9.98. The smallest absolute Gasteiger partial charge is 0.327 e. The largest absolute Gasteiger partial charge is 0.491 e. The average molecular weight is 663 g/mol. The topological polar surface area (TPSA) is 126 Å². The van der Waals surface area contributed by atoms with Crippen molar-refractivity contribution in [2.45, 2.75) is 74.3 Å². The Morgan fingerprint density at radius 3 is 2.68 bits per heavy atom. The maximum atomic E-state index is 13.7. The second kappa shape index (κ2) is 13.5. The molecule has 4 amide bonds. The molecule has 5 aliphatic heterocycles. The highest BCUT2D eigenvalue weighted by molar-refractivity contribution is 8.01. The number of fused-ring (bicyclic) bond motifs is 1. The van der Waals surface area contributed by atoms with Gasteiger partial charge in [-0.25, -0.2) is 9.78 Å². The Hall–Kier alpha value is -3.65. The van der Waals surface area contributed by atoms with E-state index in [-0.39, 0.29) is 42.2 Å². The van der Waals surface area contributed by atoms with Crippen LogP contribution in [0.4, 0.5) is 16.2 Å². The molecule has 0 spiro atoms. The number of nitrogens with zero attached hydrogens (tertiary/aromatic N) is 4. The van der Waals surface area contributed by atoms with Gasteiger partial charge in [0.1, 0.15) is 16.0 Å². The van der Waals surface area contributed by atoms with Crippen molar-refractivity contribution in [1.82, 2.24) is 25.4 Å². The minimum absolute atomic E-state index is 0.0403. The molecule has 1 aromatic carbocycles. The van der Waals surface area contributed by atoms with Crippen LogP contribution in [0.1, 0.15) is 43.9 Å². The lowest BCUT2D eigenvalue weighted by Gasteiger charge is -2.36. The first kappa shape index (κ1) is 31.9. The van der Waals surface area contributed by atoms with Crippen molar-refractivity contribution in [3.8, 4) is 5.75 Å². The highest BCUT2D eigenvalue weighted by atomic mass is 32.2. The summed E-state index contributed by atoms with van der Waals surface area (Å²) in [6.45, 7) is 10.5. The molecule has 0 saturated carbocycles. The van der Waals surface area contributed by atoms with Gasteiger partial charge in [-0.05, 0) is 63.4 Å².